The van der Waals surface area contributed by atoms with Crippen molar-refractivity contribution in [2.45, 2.75) is 72.6 Å². The summed E-state index contributed by atoms with van der Waals surface area (Å²) in [4.78, 5) is 0. The lowest BCUT2D eigenvalue weighted by Gasteiger charge is -2.39. The summed E-state index contributed by atoms with van der Waals surface area (Å²) >= 11 is 0. The molecule has 1 aliphatic rings. The molecule has 0 spiro atoms. The fourth-order valence-corrected chi connectivity index (χ4v) is 3.22. The van der Waals surface area contributed by atoms with Crippen molar-refractivity contribution in [1.29, 1.82) is 0 Å². The SMILES string of the molecule is CCCC(C1CCCCC1)C(C)(C)C. The number of hydrogen-bond donors (Lipinski definition) is 0. The predicted octanol–water partition coefficient (Wildman–Crippen LogP) is 5.03. The van der Waals surface area contributed by atoms with Gasteiger partial charge in [-0.25, -0.2) is 0 Å². The molecule has 1 saturated carbocycles. The molecule has 0 heteroatoms. The van der Waals surface area contributed by atoms with Crippen LogP contribution >= 0.6 is 0 Å². The minimum atomic E-state index is 0.526. The molecule has 0 heterocycles. The molecule has 0 radical (unpaired) electrons. The van der Waals surface area contributed by atoms with Gasteiger partial charge in [0.05, 0.1) is 0 Å². The molecule has 14 heavy (non-hydrogen) atoms. The van der Waals surface area contributed by atoms with Crippen molar-refractivity contribution in [3.8, 4) is 0 Å². The maximum absolute atomic E-state index is 2.43. The van der Waals surface area contributed by atoms with E-state index >= 15 is 0 Å². The lowest BCUT2D eigenvalue weighted by Crippen LogP contribution is -2.29. The maximum Gasteiger partial charge on any atom is -0.0337 e. The molecule has 0 aromatic carbocycles. The van der Waals surface area contributed by atoms with Crippen LogP contribution in [0.25, 0.3) is 0 Å². The Labute approximate surface area is 90.5 Å². The molecule has 0 bridgehead atoms. The monoisotopic (exact) mass is 196 g/mol. The van der Waals surface area contributed by atoms with Crippen molar-refractivity contribution in [2.24, 2.45) is 17.3 Å². The van der Waals surface area contributed by atoms with Gasteiger partial charge in [0.2, 0.25) is 0 Å². The first kappa shape index (κ1) is 12.1. The smallest absolute Gasteiger partial charge is 0.0337 e. The molecule has 1 rings (SSSR count). The van der Waals surface area contributed by atoms with Crippen molar-refractivity contribution in [3.63, 3.8) is 0 Å². The van der Waals surface area contributed by atoms with Crippen LogP contribution in [-0.4, -0.2) is 0 Å². The van der Waals surface area contributed by atoms with Gasteiger partial charge in [-0.1, -0.05) is 66.2 Å². The van der Waals surface area contributed by atoms with Gasteiger partial charge in [-0.3, -0.25) is 0 Å². The standard InChI is InChI=1S/C14H28/c1-5-9-13(14(2,3)4)12-10-7-6-8-11-12/h12-13H,5-11H2,1-4H3. The van der Waals surface area contributed by atoms with Crippen molar-refractivity contribution in [3.05, 3.63) is 0 Å². The summed E-state index contributed by atoms with van der Waals surface area (Å²) in [6.45, 7) is 9.63. The highest BCUT2D eigenvalue weighted by Gasteiger charge is 2.31. The average molecular weight is 196 g/mol. The summed E-state index contributed by atoms with van der Waals surface area (Å²) < 4.78 is 0. The fourth-order valence-electron chi connectivity index (χ4n) is 3.22. The summed E-state index contributed by atoms with van der Waals surface area (Å²) in [7, 11) is 0. The van der Waals surface area contributed by atoms with Gasteiger partial charge in [0.1, 0.15) is 0 Å². The predicted molar refractivity (Wildman–Crippen MR) is 64.4 cm³/mol. The van der Waals surface area contributed by atoms with E-state index in [2.05, 4.69) is 27.7 Å². The highest BCUT2D eigenvalue weighted by Crippen LogP contribution is 2.42. The molecule has 0 aromatic rings. The zero-order valence-corrected chi connectivity index (χ0v) is 10.6. The molecule has 1 unspecified atom stereocenters. The Hall–Kier alpha value is 0. The quantitative estimate of drug-likeness (QED) is 0.594. The minimum Gasteiger partial charge on any atom is -0.0654 e. The topological polar surface area (TPSA) is 0 Å². The third kappa shape index (κ3) is 3.29. The Kier molecular flexibility index (Phi) is 4.47. The highest BCUT2D eigenvalue weighted by atomic mass is 14.4. The first-order valence-electron chi connectivity index (χ1n) is 6.55. The van der Waals surface area contributed by atoms with Crippen LogP contribution in [0.15, 0.2) is 0 Å². The van der Waals surface area contributed by atoms with Crippen molar-refractivity contribution >= 4 is 0 Å². The third-order valence-electron chi connectivity index (χ3n) is 3.93. The molecule has 1 atom stereocenters. The summed E-state index contributed by atoms with van der Waals surface area (Å²) in [6, 6.07) is 0. The van der Waals surface area contributed by atoms with Gasteiger partial charge in [-0.15, -0.1) is 0 Å². The molecule has 0 N–H and O–H groups in total. The van der Waals surface area contributed by atoms with Crippen LogP contribution in [0.1, 0.15) is 72.6 Å². The van der Waals surface area contributed by atoms with Gasteiger partial charge >= 0.3 is 0 Å². The van der Waals surface area contributed by atoms with E-state index in [9.17, 15) is 0 Å². The number of rotatable bonds is 3. The maximum atomic E-state index is 2.43. The molecule has 0 saturated heterocycles. The Balaban J connectivity index is 2.56. The van der Waals surface area contributed by atoms with Crippen LogP contribution in [0.4, 0.5) is 0 Å². The van der Waals surface area contributed by atoms with Crippen molar-refractivity contribution in [1.82, 2.24) is 0 Å². The first-order valence-corrected chi connectivity index (χ1v) is 6.55. The van der Waals surface area contributed by atoms with Crippen molar-refractivity contribution < 1.29 is 0 Å². The van der Waals surface area contributed by atoms with Gasteiger partial charge in [0, 0.05) is 0 Å². The second kappa shape index (κ2) is 5.19. The summed E-state index contributed by atoms with van der Waals surface area (Å²) in [5.41, 5.74) is 0.526. The molecule has 1 aliphatic carbocycles. The Morgan fingerprint density at radius 1 is 1.07 bits per heavy atom. The van der Waals surface area contributed by atoms with Crippen LogP contribution in [-0.2, 0) is 0 Å². The van der Waals surface area contributed by atoms with Crippen LogP contribution in [0.5, 0.6) is 0 Å². The molecular weight excluding hydrogens is 168 g/mol. The average Bonchev–Trinajstić information content (AvgIpc) is 2.14. The molecule has 0 aromatic heterocycles. The Bertz CT molecular complexity index is 146. The second-order valence-electron chi connectivity index (χ2n) is 6.16. The molecule has 0 aliphatic heterocycles. The minimum absolute atomic E-state index is 0.526. The lowest BCUT2D eigenvalue weighted by molar-refractivity contribution is 0.114. The third-order valence-corrected chi connectivity index (χ3v) is 3.93. The van der Waals surface area contributed by atoms with Crippen LogP contribution < -0.4 is 0 Å². The van der Waals surface area contributed by atoms with Gasteiger partial charge < -0.3 is 0 Å². The summed E-state index contributed by atoms with van der Waals surface area (Å²) in [5, 5.41) is 0. The van der Waals surface area contributed by atoms with E-state index in [1.807, 2.05) is 0 Å². The van der Waals surface area contributed by atoms with Crippen LogP contribution in [0, 0.1) is 17.3 Å². The van der Waals surface area contributed by atoms with Crippen molar-refractivity contribution in [2.75, 3.05) is 0 Å². The van der Waals surface area contributed by atoms with E-state index in [-0.39, 0.29) is 0 Å². The lowest BCUT2D eigenvalue weighted by atomic mass is 9.67. The first-order chi connectivity index (χ1) is 6.55. The van der Waals surface area contributed by atoms with Gasteiger partial charge in [0.25, 0.3) is 0 Å². The van der Waals surface area contributed by atoms with Crippen LogP contribution in [0.3, 0.4) is 0 Å². The summed E-state index contributed by atoms with van der Waals surface area (Å²) in [5.74, 6) is 2.00. The Morgan fingerprint density at radius 2 is 1.64 bits per heavy atom. The van der Waals surface area contributed by atoms with Crippen LogP contribution in [0.2, 0.25) is 0 Å². The molecule has 0 amide bonds. The summed E-state index contributed by atoms with van der Waals surface area (Å²) in [6.07, 6.45) is 10.3. The zero-order valence-electron chi connectivity index (χ0n) is 10.6. The van der Waals surface area contributed by atoms with E-state index in [0.717, 1.165) is 11.8 Å². The van der Waals surface area contributed by atoms with Gasteiger partial charge in [-0.05, 0) is 23.7 Å². The largest absolute Gasteiger partial charge is 0.0654 e. The molecule has 0 nitrogen and oxygen atoms in total. The highest BCUT2D eigenvalue weighted by molar-refractivity contribution is 4.82. The van der Waals surface area contributed by atoms with E-state index in [4.69, 9.17) is 0 Å². The molecule has 1 fully saturated rings. The van der Waals surface area contributed by atoms with E-state index in [1.54, 1.807) is 0 Å². The number of hydrogen-bond acceptors (Lipinski definition) is 0. The van der Waals surface area contributed by atoms with Gasteiger partial charge in [0.15, 0.2) is 0 Å². The second-order valence-corrected chi connectivity index (χ2v) is 6.16. The van der Waals surface area contributed by atoms with E-state index in [1.165, 1.54) is 44.9 Å². The molecular formula is C14H28. The zero-order chi connectivity index (χ0) is 10.6. The molecule has 84 valence electrons. The normalized spacial score (nSPS) is 22.3. The van der Waals surface area contributed by atoms with E-state index in [0.29, 0.717) is 5.41 Å². The fraction of sp³-hybridized carbons (Fsp3) is 1.00. The van der Waals surface area contributed by atoms with Gasteiger partial charge in [-0.2, -0.15) is 0 Å². The Morgan fingerprint density at radius 3 is 2.07 bits per heavy atom. The van der Waals surface area contributed by atoms with E-state index < -0.39 is 0 Å².